The number of imidazole rings is 1. The third-order valence-electron chi connectivity index (χ3n) is 5.32. The van der Waals surface area contributed by atoms with E-state index in [0.717, 1.165) is 11.6 Å². The van der Waals surface area contributed by atoms with Crippen molar-refractivity contribution in [1.29, 1.82) is 0 Å². The molecule has 1 fully saturated rings. The summed E-state index contributed by atoms with van der Waals surface area (Å²) in [4.78, 5) is 42.2. The summed E-state index contributed by atoms with van der Waals surface area (Å²) < 4.78 is 7.54. The van der Waals surface area contributed by atoms with Crippen LogP contribution >= 0.6 is 0 Å². The predicted octanol–water partition coefficient (Wildman–Crippen LogP) is 2.04. The Morgan fingerprint density at radius 2 is 1.81 bits per heavy atom. The van der Waals surface area contributed by atoms with Gasteiger partial charge in [-0.3, -0.25) is 14.2 Å². The van der Waals surface area contributed by atoms with Gasteiger partial charge < -0.3 is 14.2 Å². The fourth-order valence-electron chi connectivity index (χ4n) is 3.73. The molecule has 1 aromatic carbocycles. The summed E-state index contributed by atoms with van der Waals surface area (Å²) in [6.45, 7) is 4.08. The van der Waals surface area contributed by atoms with Crippen LogP contribution in [0, 0.1) is 6.92 Å². The highest BCUT2D eigenvalue weighted by Gasteiger charge is 2.25. The van der Waals surface area contributed by atoms with Crippen molar-refractivity contribution < 1.29 is 9.21 Å². The molecule has 0 radical (unpaired) electrons. The standard InChI is InChI=1S/C22H20N6O3/c1-15-24-20(13-21(25-15)28-7-6-23-14-28)26-8-10-27(11-9-26)22(30)19-12-17(29)16-4-2-3-5-18(16)31-19/h2-7,12-14H,8-11H2,1H3. The molecule has 0 N–H and O–H groups in total. The molecule has 9 heteroatoms. The maximum atomic E-state index is 12.9. The van der Waals surface area contributed by atoms with Crippen LogP contribution < -0.4 is 10.3 Å². The van der Waals surface area contributed by atoms with Crippen molar-refractivity contribution in [3.8, 4) is 5.82 Å². The van der Waals surface area contributed by atoms with E-state index in [2.05, 4.69) is 19.9 Å². The molecule has 0 unspecified atom stereocenters. The Bertz CT molecular complexity index is 1310. The number of rotatable bonds is 3. The van der Waals surface area contributed by atoms with Crippen LogP contribution in [0.2, 0.25) is 0 Å². The molecule has 31 heavy (non-hydrogen) atoms. The van der Waals surface area contributed by atoms with Crippen LogP contribution in [-0.4, -0.2) is 56.5 Å². The summed E-state index contributed by atoms with van der Waals surface area (Å²) in [6, 6.07) is 10.1. The number of para-hydroxylation sites is 1. The number of carbonyl (C=O) groups excluding carboxylic acids is 1. The second-order valence-electron chi connectivity index (χ2n) is 7.35. The molecule has 156 valence electrons. The van der Waals surface area contributed by atoms with Crippen molar-refractivity contribution in [3.63, 3.8) is 0 Å². The van der Waals surface area contributed by atoms with E-state index in [1.54, 1.807) is 41.7 Å². The maximum absolute atomic E-state index is 12.9. The van der Waals surface area contributed by atoms with Crippen LogP contribution in [0.1, 0.15) is 16.4 Å². The molecule has 1 aliphatic heterocycles. The fraction of sp³-hybridized carbons (Fsp3) is 0.227. The Kier molecular flexibility index (Phi) is 4.70. The van der Waals surface area contributed by atoms with Crippen LogP contribution in [-0.2, 0) is 0 Å². The molecular weight excluding hydrogens is 396 g/mol. The van der Waals surface area contributed by atoms with Crippen molar-refractivity contribution in [2.45, 2.75) is 6.92 Å². The Morgan fingerprint density at radius 1 is 1.03 bits per heavy atom. The first-order chi connectivity index (χ1) is 15.1. The normalized spacial score (nSPS) is 14.2. The Balaban J connectivity index is 1.33. The minimum Gasteiger partial charge on any atom is -0.451 e. The van der Waals surface area contributed by atoms with E-state index in [-0.39, 0.29) is 17.1 Å². The monoisotopic (exact) mass is 416 g/mol. The zero-order chi connectivity index (χ0) is 21.4. The molecule has 5 rings (SSSR count). The van der Waals surface area contributed by atoms with Gasteiger partial charge in [-0.1, -0.05) is 12.1 Å². The highest BCUT2D eigenvalue weighted by atomic mass is 16.3. The second kappa shape index (κ2) is 7.67. The summed E-state index contributed by atoms with van der Waals surface area (Å²) in [5.74, 6) is 2.01. The average molecular weight is 416 g/mol. The summed E-state index contributed by atoms with van der Waals surface area (Å²) >= 11 is 0. The van der Waals surface area contributed by atoms with Crippen LogP contribution in [0.15, 0.2) is 64.3 Å². The number of piperazine rings is 1. The molecule has 0 bridgehead atoms. The highest BCUT2D eigenvalue weighted by Crippen LogP contribution is 2.19. The van der Waals surface area contributed by atoms with E-state index < -0.39 is 0 Å². The van der Waals surface area contributed by atoms with Gasteiger partial charge in [0.2, 0.25) is 0 Å². The van der Waals surface area contributed by atoms with Gasteiger partial charge in [0.15, 0.2) is 11.2 Å². The summed E-state index contributed by atoms with van der Waals surface area (Å²) in [5, 5.41) is 0.469. The van der Waals surface area contributed by atoms with Crippen LogP contribution in [0.4, 0.5) is 5.82 Å². The van der Waals surface area contributed by atoms with E-state index in [9.17, 15) is 9.59 Å². The van der Waals surface area contributed by atoms with Crippen molar-refractivity contribution >= 4 is 22.7 Å². The number of fused-ring (bicyclic) bond motifs is 1. The lowest BCUT2D eigenvalue weighted by Gasteiger charge is -2.35. The second-order valence-corrected chi connectivity index (χ2v) is 7.35. The van der Waals surface area contributed by atoms with Crippen molar-refractivity contribution in [1.82, 2.24) is 24.4 Å². The number of aryl methyl sites for hydroxylation is 1. The zero-order valence-electron chi connectivity index (χ0n) is 16.9. The Labute approximate surface area is 177 Å². The average Bonchev–Trinajstić information content (AvgIpc) is 3.33. The number of hydrogen-bond donors (Lipinski definition) is 0. The molecule has 9 nitrogen and oxygen atoms in total. The molecule has 1 amide bonds. The highest BCUT2D eigenvalue weighted by molar-refractivity contribution is 5.93. The van der Waals surface area contributed by atoms with Crippen molar-refractivity contribution in [2.75, 3.05) is 31.1 Å². The molecule has 0 saturated carbocycles. The lowest BCUT2D eigenvalue weighted by atomic mass is 10.2. The van der Waals surface area contributed by atoms with Crippen LogP contribution in [0.25, 0.3) is 16.8 Å². The number of hydrogen-bond acceptors (Lipinski definition) is 7. The number of amides is 1. The molecule has 0 atom stereocenters. The summed E-state index contributed by atoms with van der Waals surface area (Å²) in [5.41, 5.74) is 0.202. The predicted molar refractivity (Wildman–Crippen MR) is 114 cm³/mol. The van der Waals surface area contributed by atoms with E-state index >= 15 is 0 Å². The van der Waals surface area contributed by atoms with Gasteiger partial charge in [-0.05, 0) is 19.1 Å². The molecule has 0 spiro atoms. The molecular formula is C22H20N6O3. The third-order valence-corrected chi connectivity index (χ3v) is 5.32. The molecule has 4 aromatic rings. The minimum atomic E-state index is -0.277. The number of aromatic nitrogens is 4. The topological polar surface area (TPSA) is 97.4 Å². The fourth-order valence-corrected chi connectivity index (χ4v) is 3.73. The van der Waals surface area contributed by atoms with E-state index in [0.29, 0.717) is 43.0 Å². The van der Waals surface area contributed by atoms with Gasteiger partial charge in [-0.2, -0.15) is 0 Å². The van der Waals surface area contributed by atoms with Gasteiger partial charge >= 0.3 is 0 Å². The maximum Gasteiger partial charge on any atom is 0.289 e. The summed E-state index contributed by atoms with van der Waals surface area (Å²) in [6.07, 6.45) is 5.23. The summed E-state index contributed by atoms with van der Waals surface area (Å²) in [7, 11) is 0. The van der Waals surface area contributed by atoms with Crippen LogP contribution in [0.3, 0.4) is 0 Å². The first-order valence-corrected chi connectivity index (χ1v) is 9.99. The van der Waals surface area contributed by atoms with Gasteiger partial charge in [0, 0.05) is 50.7 Å². The van der Waals surface area contributed by atoms with Crippen molar-refractivity contribution in [3.05, 3.63) is 76.9 Å². The van der Waals surface area contributed by atoms with E-state index in [1.165, 1.54) is 6.07 Å². The zero-order valence-corrected chi connectivity index (χ0v) is 16.9. The quantitative estimate of drug-likeness (QED) is 0.504. The van der Waals surface area contributed by atoms with E-state index in [4.69, 9.17) is 4.42 Å². The molecule has 3 aromatic heterocycles. The number of anilines is 1. The molecule has 4 heterocycles. The van der Waals surface area contributed by atoms with Gasteiger partial charge in [0.05, 0.1) is 5.39 Å². The Morgan fingerprint density at radius 3 is 2.58 bits per heavy atom. The Hall–Kier alpha value is -4.01. The number of benzene rings is 1. The van der Waals surface area contributed by atoms with Gasteiger partial charge in [0.1, 0.15) is 29.4 Å². The molecule has 0 aliphatic carbocycles. The molecule has 1 aliphatic rings. The number of carbonyl (C=O) groups is 1. The van der Waals surface area contributed by atoms with Crippen LogP contribution in [0.5, 0.6) is 0 Å². The van der Waals surface area contributed by atoms with Gasteiger partial charge in [0.25, 0.3) is 5.91 Å². The van der Waals surface area contributed by atoms with E-state index in [1.807, 2.05) is 23.8 Å². The van der Waals surface area contributed by atoms with Crippen molar-refractivity contribution in [2.24, 2.45) is 0 Å². The largest absolute Gasteiger partial charge is 0.451 e. The lowest BCUT2D eigenvalue weighted by Crippen LogP contribution is -2.49. The van der Waals surface area contributed by atoms with Gasteiger partial charge in [-0.15, -0.1) is 0 Å². The minimum absolute atomic E-state index is 0.0671. The third kappa shape index (κ3) is 3.65. The lowest BCUT2D eigenvalue weighted by molar-refractivity contribution is 0.0715. The first kappa shape index (κ1) is 19.0. The smallest absolute Gasteiger partial charge is 0.289 e. The first-order valence-electron chi connectivity index (χ1n) is 9.99. The molecule has 1 saturated heterocycles. The van der Waals surface area contributed by atoms with Gasteiger partial charge in [-0.25, -0.2) is 15.0 Å². The number of nitrogens with zero attached hydrogens (tertiary/aromatic N) is 6. The SMILES string of the molecule is Cc1nc(N2CCN(C(=O)c3cc(=O)c4ccccc4o3)CC2)cc(-n2ccnc2)n1.